The summed E-state index contributed by atoms with van der Waals surface area (Å²) in [6.07, 6.45) is 1.69. The van der Waals surface area contributed by atoms with Gasteiger partial charge in [0.1, 0.15) is 5.75 Å². The number of amides is 2. The SMILES string of the molecule is CCCOc1ccccc1C(=O)NC(=S)Nc1cccc(C(=O)NC(C)CC)c1. The highest BCUT2D eigenvalue weighted by atomic mass is 32.1. The fourth-order valence-electron chi connectivity index (χ4n) is 2.47. The van der Waals surface area contributed by atoms with E-state index in [9.17, 15) is 9.59 Å². The van der Waals surface area contributed by atoms with Gasteiger partial charge in [0.05, 0.1) is 12.2 Å². The van der Waals surface area contributed by atoms with E-state index in [1.165, 1.54) is 0 Å². The fraction of sp³-hybridized carbons (Fsp3) is 0.318. The first-order valence-electron chi connectivity index (χ1n) is 9.69. The summed E-state index contributed by atoms with van der Waals surface area (Å²) in [4.78, 5) is 24.9. The minimum atomic E-state index is -0.361. The molecule has 2 aromatic rings. The van der Waals surface area contributed by atoms with Gasteiger partial charge in [0.15, 0.2) is 5.11 Å². The van der Waals surface area contributed by atoms with Crippen LogP contribution in [0.15, 0.2) is 48.5 Å². The quantitative estimate of drug-likeness (QED) is 0.567. The van der Waals surface area contributed by atoms with E-state index >= 15 is 0 Å². The Kier molecular flexibility index (Phi) is 8.61. The average Bonchev–Trinajstić information content (AvgIpc) is 2.72. The predicted octanol–water partition coefficient (Wildman–Crippen LogP) is 4.13. The van der Waals surface area contributed by atoms with Crippen molar-refractivity contribution in [2.75, 3.05) is 11.9 Å². The van der Waals surface area contributed by atoms with Crippen LogP contribution in [0.2, 0.25) is 0 Å². The lowest BCUT2D eigenvalue weighted by Gasteiger charge is -2.14. The smallest absolute Gasteiger partial charge is 0.261 e. The zero-order valence-electron chi connectivity index (χ0n) is 17.0. The Balaban J connectivity index is 2.02. The molecule has 1 atom stereocenters. The Morgan fingerprint density at radius 3 is 2.55 bits per heavy atom. The van der Waals surface area contributed by atoms with Crippen LogP contribution in [0.1, 0.15) is 54.3 Å². The molecule has 2 rings (SSSR count). The molecule has 29 heavy (non-hydrogen) atoms. The van der Waals surface area contributed by atoms with E-state index in [0.717, 1.165) is 12.8 Å². The molecule has 0 aromatic heterocycles. The highest BCUT2D eigenvalue weighted by Gasteiger charge is 2.14. The van der Waals surface area contributed by atoms with Gasteiger partial charge in [-0.3, -0.25) is 14.9 Å². The minimum absolute atomic E-state index is 0.0921. The third kappa shape index (κ3) is 6.87. The Bertz CT molecular complexity index is 870. The summed E-state index contributed by atoms with van der Waals surface area (Å²) in [6.45, 7) is 6.49. The lowest BCUT2D eigenvalue weighted by molar-refractivity contribution is 0.0937. The summed E-state index contributed by atoms with van der Waals surface area (Å²) >= 11 is 5.26. The van der Waals surface area contributed by atoms with Crippen molar-refractivity contribution < 1.29 is 14.3 Å². The molecule has 0 aliphatic carbocycles. The number of thiocarbonyl (C=S) groups is 1. The van der Waals surface area contributed by atoms with E-state index in [1.807, 2.05) is 26.8 Å². The van der Waals surface area contributed by atoms with Crippen LogP contribution in [0, 0.1) is 0 Å². The lowest BCUT2D eigenvalue weighted by atomic mass is 10.1. The number of para-hydroxylation sites is 1. The highest BCUT2D eigenvalue weighted by Crippen LogP contribution is 2.18. The molecule has 0 heterocycles. The van der Waals surface area contributed by atoms with Crippen LogP contribution in [0.25, 0.3) is 0 Å². The van der Waals surface area contributed by atoms with E-state index in [0.29, 0.717) is 29.2 Å². The highest BCUT2D eigenvalue weighted by molar-refractivity contribution is 7.80. The second-order valence-electron chi connectivity index (χ2n) is 6.62. The molecule has 0 radical (unpaired) electrons. The molecule has 0 saturated carbocycles. The molecule has 2 amide bonds. The number of hydrogen-bond acceptors (Lipinski definition) is 4. The number of rotatable bonds is 8. The third-order valence-electron chi connectivity index (χ3n) is 4.19. The number of anilines is 1. The molecule has 0 spiro atoms. The van der Waals surface area contributed by atoms with E-state index in [2.05, 4.69) is 16.0 Å². The molecule has 0 fully saturated rings. The van der Waals surface area contributed by atoms with Crippen LogP contribution in [-0.4, -0.2) is 29.6 Å². The summed E-state index contributed by atoms with van der Waals surface area (Å²) in [5, 5.41) is 8.66. The number of nitrogens with one attached hydrogen (secondary N) is 3. The second kappa shape index (κ2) is 11.2. The van der Waals surface area contributed by atoms with Crippen molar-refractivity contribution in [1.82, 2.24) is 10.6 Å². The van der Waals surface area contributed by atoms with Crippen molar-refractivity contribution in [2.24, 2.45) is 0 Å². The van der Waals surface area contributed by atoms with E-state index < -0.39 is 0 Å². The Labute approximate surface area is 177 Å². The summed E-state index contributed by atoms with van der Waals surface area (Å²) in [6, 6.07) is 14.1. The van der Waals surface area contributed by atoms with Crippen LogP contribution < -0.4 is 20.7 Å². The van der Waals surface area contributed by atoms with E-state index in [4.69, 9.17) is 17.0 Å². The van der Waals surface area contributed by atoms with Crippen LogP contribution in [0.4, 0.5) is 5.69 Å². The van der Waals surface area contributed by atoms with Crippen LogP contribution in [0.3, 0.4) is 0 Å². The van der Waals surface area contributed by atoms with Crippen molar-refractivity contribution in [1.29, 1.82) is 0 Å². The van der Waals surface area contributed by atoms with Gasteiger partial charge in [0.25, 0.3) is 11.8 Å². The summed E-state index contributed by atoms with van der Waals surface area (Å²) < 4.78 is 5.62. The Morgan fingerprint density at radius 2 is 1.83 bits per heavy atom. The molecule has 6 nitrogen and oxygen atoms in total. The molecular formula is C22H27N3O3S. The van der Waals surface area contributed by atoms with Gasteiger partial charge in [-0.15, -0.1) is 0 Å². The number of benzene rings is 2. The number of ether oxygens (including phenoxy) is 1. The van der Waals surface area contributed by atoms with E-state index in [1.54, 1.807) is 42.5 Å². The molecule has 7 heteroatoms. The van der Waals surface area contributed by atoms with Gasteiger partial charge in [-0.2, -0.15) is 0 Å². The van der Waals surface area contributed by atoms with Gasteiger partial charge in [0, 0.05) is 17.3 Å². The van der Waals surface area contributed by atoms with Gasteiger partial charge in [-0.25, -0.2) is 0 Å². The van der Waals surface area contributed by atoms with Crippen molar-refractivity contribution in [3.63, 3.8) is 0 Å². The summed E-state index contributed by atoms with van der Waals surface area (Å²) in [5.74, 6) is -0.00168. The Morgan fingerprint density at radius 1 is 1.07 bits per heavy atom. The molecular weight excluding hydrogens is 386 g/mol. The molecule has 2 aromatic carbocycles. The van der Waals surface area contributed by atoms with Gasteiger partial charge < -0.3 is 15.4 Å². The van der Waals surface area contributed by atoms with Crippen LogP contribution in [-0.2, 0) is 0 Å². The zero-order chi connectivity index (χ0) is 21.2. The van der Waals surface area contributed by atoms with Gasteiger partial charge >= 0.3 is 0 Å². The summed E-state index contributed by atoms with van der Waals surface area (Å²) in [5.41, 5.74) is 1.54. The maximum Gasteiger partial charge on any atom is 0.261 e. The summed E-state index contributed by atoms with van der Waals surface area (Å²) in [7, 11) is 0. The van der Waals surface area contributed by atoms with Gasteiger partial charge in [-0.05, 0) is 62.3 Å². The zero-order valence-corrected chi connectivity index (χ0v) is 17.8. The standard InChI is InChI=1S/C22H27N3O3S/c1-4-13-28-19-12-7-6-11-18(19)21(27)25-22(29)24-17-10-8-9-16(14-17)20(26)23-15(3)5-2/h6-12,14-15H,4-5,13H2,1-3H3,(H,23,26)(H2,24,25,27,29). The molecule has 154 valence electrons. The molecule has 0 aliphatic heterocycles. The topological polar surface area (TPSA) is 79.5 Å². The lowest BCUT2D eigenvalue weighted by Crippen LogP contribution is -2.34. The third-order valence-corrected chi connectivity index (χ3v) is 4.40. The first-order valence-corrected chi connectivity index (χ1v) is 10.1. The first kappa shape index (κ1) is 22.4. The first-order chi connectivity index (χ1) is 13.9. The maximum absolute atomic E-state index is 12.6. The monoisotopic (exact) mass is 413 g/mol. The van der Waals surface area contributed by atoms with Gasteiger partial charge in [-0.1, -0.05) is 32.0 Å². The van der Waals surface area contributed by atoms with Crippen LogP contribution in [0.5, 0.6) is 5.75 Å². The normalized spacial score (nSPS) is 11.3. The maximum atomic E-state index is 12.6. The molecule has 0 bridgehead atoms. The molecule has 0 aliphatic rings. The van der Waals surface area contributed by atoms with Crippen molar-refractivity contribution in [2.45, 2.75) is 39.7 Å². The minimum Gasteiger partial charge on any atom is -0.493 e. The van der Waals surface area contributed by atoms with Crippen molar-refractivity contribution in [3.05, 3.63) is 59.7 Å². The fourth-order valence-corrected chi connectivity index (χ4v) is 2.68. The number of hydrogen-bond donors (Lipinski definition) is 3. The average molecular weight is 414 g/mol. The largest absolute Gasteiger partial charge is 0.493 e. The van der Waals surface area contributed by atoms with Crippen molar-refractivity contribution in [3.8, 4) is 5.75 Å². The predicted molar refractivity (Wildman–Crippen MR) is 120 cm³/mol. The Hall–Kier alpha value is -2.93. The second-order valence-corrected chi connectivity index (χ2v) is 7.02. The van der Waals surface area contributed by atoms with Crippen molar-refractivity contribution >= 4 is 34.8 Å². The number of carbonyl (C=O) groups excluding carboxylic acids is 2. The van der Waals surface area contributed by atoms with Gasteiger partial charge in [0.2, 0.25) is 0 Å². The van der Waals surface area contributed by atoms with E-state index in [-0.39, 0.29) is 23.0 Å². The molecule has 3 N–H and O–H groups in total. The van der Waals surface area contributed by atoms with Crippen LogP contribution >= 0.6 is 12.2 Å². The molecule has 0 saturated heterocycles. The molecule has 1 unspecified atom stereocenters. The number of carbonyl (C=O) groups is 2.